The average Bonchev–Trinajstić information content (AvgIpc) is 3.70. The van der Waals surface area contributed by atoms with Gasteiger partial charge in [0.1, 0.15) is 34.8 Å². The van der Waals surface area contributed by atoms with Crippen molar-refractivity contribution in [1.29, 1.82) is 5.26 Å². The molecular formula is C42H44FN11O2S. The van der Waals surface area contributed by atoms with Crippen LogP contribution in [0.4, 0.5) is 15.3 Å². The highest BCUT2D eigenvalue weighted by Gasteiger charge is 2.09. The molecule has 2 N–H and O–H groups in total. The molecule has 292 valence electrons. The number of hydrogen-bond acceptors (Lipinski definition) is 14. The van der Waals surface area contributed by atoms with Crippen molar-refractivity contribution in [2.24, 2.45) is 0 Å². The van der Waals surface area contributed by atoms with Crippen LogP contribution in [-0.2, 0) is 0 Å². The van der Waals surface area contributed by atoms with E-state index in [2.05, 4.69) is 62.6 Å². The van der Waals surface area contributed by atoms with Crippen LogP contribution in [0.15, 0.2) is 116 Å². The van der Waals surface area contributed by atoms with E-state index in [0.717, 1.165) is 38.0 Å². The first kappa shape index (κ1) is 42.6. The summed E-state index contributed by atoms with van der Waals surface area (Å²) in [6.45, 7) is 5.94. The molecule has 0 unspecified atom stereocenters. The maximum atomic E-state index is 12.7. The zero-order valence-electron chi connectivity index (χ0n) is 32.6. The molecule has 0 aliphatic heterocycles. The summed E-state index contributed by atoms with van der Waals surface area (Å²) in [5.41, 5.74) is 6.09. The van der Waals surface area contributed by atoms with Crippen molar-refractivity contribution < 1.29 is 15.3 Å². The lowest BCUT2D eigenvalue weighted by Crippen LogP contribution is -1.94. The molecule has 0 aliphatic rings. The second-order valence-electron chi connectivity index (χ2n) is 11.1. The first-order valence-electron chi connectivity index (χ1n) is 17.6. The fourth-order valence-electron chi connectivity index (χ4n) is 4.77. The molecule has 2 aromatic carbocycles. The number of para-hydroxylation sites is 1. The van der Waals surface area contributed by atoms with Crippen LogP contribution in [0.25, 0.3) is 43.6 Å². The summed E-state index contributed by atoms with van der Waals surface area (Å²) < 4.78 is 23.9. The summed E-state index contributed by atoms with van der Waals surface area (Å²) in [6, 6.07) is 26.0. The van der Waals surface area contributed by atoms with E-state index in [0.29, 0.717) is 34.4 Å². The molecule has 0 saturated heterocycles. The number of benzene rings is 2. The third-order valence-corrected chi connectivity index (χ3v) is 8.52. The minimum atomic E-state index is -0.240. The fourth-order valence-corrected chi connectivity index (χ4v) is 5.57. The molecular weight excluding hydrogens is 742 g/mol. The number of pyridine rings is 3. The second-order valence-corrected chi connectivity index (χ2v) is 12.1. The van der Waals surface area contributed by atoms with Crippen LogP contribution in [0.2, 0.25) is 0 Å². The van der Waals surface area contributed by atoms with Gasteiger partial charge in [0.2, 0.25) is 11.8 Å². The number of fused-ring (bicyclic) bond motifs is 2. The van der Waals surface area contributed by atoms with Crippen LogP contribution in [-0.4, -0.2) is 68.2 Å². The minimum Gasteiger partial charge on any atom is -0.479 e. The topological polar surface area (TPSA) is 169 Å². The highest BCUT2D eigenvalue weighted by Crippen LogP contribution is 2.26. The number of methoxy groups -OCH3 is 2. The van der Waals surface area contributed by atoms with Gasteiger partial charge in [0, 0.05) is 81.0 Å². The number of aromatic nitrogens is 8. The van der Waals surface area contributed by atoms with Crippen LogP contribution >= 0.6 is 11.3 Å². The smallest absolute Gasteiger partial charge is 0.240 e. The summed E-state index contributed by atoms with van der Waals surface area (Å²) in [6.07, 6.45) is 9.71. The number of thiazole rings is 1. The van der Waals surface area contributed by atoms with Gasteiger partial charge in [-0.3, -0.25) is 4.98 Å². The maximum absolute atomic E-state index is 12.7. The minimum absolute atomic E-state index is 0. The van der Waals surface area contributed by atoms with Crippen molar-refractivity contribution >= 4 is 43.4 Å². The maximum Gasteiger partial charge on any atom is 0.240 e. The lowest BCUT2D eigenvalue weighted by Gasteiger charge is -2.05. The van der Waals surface area contributed by atoms with Crippen LogP contribution in [0.5, 0.6) is 11.8 Å². The molecule has 8 aromatic rings. The Morgan fingerprint density at radius 1 is 0.684 bits per heavy atom. The molecule has 0 saturated carbocycles. The zero-order chi connectivity index (χ0) is 41.0. The van der Waals surface area contributed by atoms with E-state index in [1.165, 1.54) is 36.0 Å². The Balaban J connectivity index is 0.000000204. The van der Waals surface area contributed by atoms with E-state index in [1.54, 1.807) is 69.5 Å². The second kappa shape index (κ2) is 22.3. The summed E-state index contributed by atoms with van der Waals surface area (Å²) >= 11 is 1.52. The van der Waals surface area contributed by atoms with E-state index >= 15 is 0 Å². The molecule has 0 radical (unpaired) electrons. The van der Waals surface area contributed by atoms with Gasteiger partial charge in [0.25, 0.3) is 0 Å². The van der Waals surface area contributed by atoms with Crippen molar-refractivity contribution in [3.63, 3.8) is 0 Å². The number of aryl methyl sites for hydroxylation is 1. The zero-order valence-corrected chi connectivity index (χ0v) is 33.4. The summed E-state index contributed by atoms with van der Waals surface area (Å²) in [7, 11) is 6.78. The molecule has 0 fully saturated rings. The number of anilines is 2. The van der Waals surface area contributed by atoms with Crippen molar-refractivity contribution in [2.45, 2.75) is 20.8 Å². The number of nitrogens with zero attached hydrogens (tertiary/aromatic N) is 9. The largest absolute Gasteiger partial charge is 0.479 e. The average molecular weight is 786 g/mol. The molecule has 6 aromatic heterocycles. The first-order valence-corrected chi connectivity index (χ1v) is 18.4. The fraction of sp³-hybridized carbons (Fsp3) is 0.167. The number of halogens is 1. The van der Waals surface area contributed by atoms with Crippen molar-refractivity contribution in [3.05, 3.63) is 133 Å². The standard InChI is InChI=1S/C11H8N4O.C11H11N3O.C10H10N2.C8H7FN2S.C2H6.H2/c1-16-11-10(13-4-5-14-11)8-2-3-9(6-12)15-7-8;1-8-3-4-9(7-14-8)10-11(15-2)13-6-5-12-10;1-11-10-7-6-8-4-2-3-5-9(8)12-10;1-10-8-11-6-4-5(9)2-3-7(6)12-8;1-2;/h2-5,7H,1H3;3-7H,1-2H3;2-7H,1H3,(H,11,12);2-4H,1H3,(H,10,11);1-2H3;1H. The van der Waals surface area contributed by atoms with E-state index in [4.69, 9.17) is 14.7 Å². The molecule has 0 amide bonds. The molecule has 0 bridgehead atoms. The van der Waals surface area contributed by atoms with E-state index < -0.39 is 0 Å². The predicted octanol–water partition coefficient (Wildman–Crippen LogP) is 9.30. The number of nitriles is 1. The van der Waals surface area contributed by atoms with Gasteiger partial charge in [-0.15, -0.1) is 0 Å². The third-order valence-electron chi connectivity index (χ3n) is 7.47. The Morgan fingerprint density at radius 2 is 1.32 bits per heavy atom. The molecule has 0 aliphatic carbocycles. The van der Waals surface area contributed by atoms with Gasteiger partial charge in [-0.2, -0.15) is 5.26 Å². The highest BCUT2D eigenvalue weighted by atomic mass is 32.1. The molecule has 15 heteroatoms. The normalized spacial score (nSPS) is 9.74. The molecule has 57 heavy (non-hydrogen) atoms. The van der Waals surface area contributed by atoms with Gasteiger partial charge in [-0.1, -0.05) is 43.4 Å². The number of rotatable bonds is 6. The SMILES string of the molecule is CC.CNc1ccc2ccccc2n1.CNc1nc2cc(F)ccc2s1.COc1nccnc1-c1ccc(C#N)nc1.COc1nccnc1-c1ccc(C)nc1.[HH]. The van der Waals surface area contributed by atoms with Crippen molar-refractivity contribution in [3.8, 4) is 40.3 Å². The predicted molar refractivity (Wildman–Crippen MR) is 227 cm³/mol. The molecule has 6 heterocycles. The van der Waals surface area contributed by atoms with Crippen LogP contribution in [0.1, 0.15) is 26.7 Å². The number of hydrogen-bond donors (Lipinski definition) is 2. The Labute approximate surface area is 336 Å². The molecule has 0 spiro atoms. The van der Waals surface area contributed by atoms with Gasteiger partial charge in [0.05, 0.1) is 30.0 Å². The van der Waals surface area contributed by atoms with Gasteiger partial charge in [-0.25, -0.2) is 39.3 Å². The van der Waals surface area contributed by atoms with Crippen molar-refractivity contribution in [1.82, 2.24) is 39.9 Å². The van der Waals surface area contributed by atoms with Crippen LogP contribution < -0.4 is 20.1 Å². The molecule has 13 nitrogen and oxygen atoms in total. The van der Waals surface area contributed by atoms with Gasteiger partial charge >= 0.3 is 0 Å². The Kier molecular flexibility index (Phi) is 16.6. The summed E-state index contributed by atoms with van der Waals surface area (Å²) in [4.78, 5) is 33.2. The Bertz CT molecular complexity index is 2500. The lowest BCUT2D eigenvalue weighted by molar-refractivity contribution is 0.397. The van der Waals surface area contributed by atoms with Gasteiger partial charge in [-0.05, 0) is 61.5 Å². The molecule has 8 rings (SSSR count). The van der Waals surface area contributed by atoms with Crippen LogP contribution in [0, 0.1) is 24.1 Å². The van der Waals surface area contributed by atoms with Gasteiger partial charge < -0.3 is 20.1 Å². The quantitative estimate of drug-likeness (QED) is 0.164. The molecule has 0 atom stereocenters. The van der Waals surface area contributed by atoms with E-state index in [-0.39, 0.29) is 7.24 Å². The van der Waals surface area contributed by atoms with Crippen LogP contribution in [0.3, 0.4) is 0 Å². The summed E-state index contributed by atoms with van der Waals surface area (Å²) in [5.74, 6) is 1.63. The number of ether oxygens (including phenoxy) is 2. The van der Waals surface area contributed by atoms with Crippen molar-refractivity contribution in [2.75, 3.05) is 38.9 Å². The van der Waals surface area contributed by atoms with E-state index in [9.17, 15) is 4.39 Å². The number of nitrogens with one attached hydrogen (secondary N) is 2. The highest BCUT2D eigenvalue weighted by molar-refractivity contribution is 7.22. The third kappa shape index (κ3) is 12.2. The Hall–Kier alpha value is -7.18. The van der Waals surface area contributed by atoms with Gasteiger partial charge in [0.15, 0.2) is 5.13 Å². The first-order chi connectivity index (χ1) is 27.8. The lowest BCUT2D eigenvalue weighted by atomic mass is 10.2. The Morgan fingerprint density at radius 3 is 1.88 bits per heavy atom. The monoisotopic (exact) mass is 785 g/mol. The summed E-state index contributed by atoms with van der Waals surface area (Å²) in [5, 5.41) is 16.6. The van der Waals surface area contributed by atoms with E-state index in [1.807, 2.05) is 70.3 Å².